The number of hydrogen-bond acceptors (Lipinski definition) is 6. The van der Waals surface area contributed by atoms with Crippen LogP contribution in [0.25, 0.3) is 10.9 Å². The number of halogens is 1. The highest BCUT2D eigenvalue weighted by Crippen LogP contribution is 2.38. The summed E-state index contributed by atoms with van der Waals surface area (Å²) in [5, 5.41) is 25.7. The molecule has 1 unspecified atom stereocenters. The number of rotatable bonds is 7. The minimum Gasteiger partial charge on any atom is -0.505 e. The van der Waals surface area contributed by atoms with E-state index in [1.807, 2.05) is 6.07 Å². The predicted octanol–water partition coefficient (Wildman–Crippen LogP) is 4.79. The third kappa shape index (κ3) is 4.86. The van der Waals surface area contributed by atoms with E-state index in [0.717, 1.165) is 0 Å². The summed E-state index contributed by atoms with van der Waals surface area (Å²) in [7, 11) is 0. The van der Waals surface area contributed by atoms with Gasteiger partial charge in [-0.1, -0.05) is 29.8 Å². The van der Waals surface area contributed by atoms with E-state index in [1.165, 1.54) is 30.5 Å². The summed E-state index contributed by atoms with van der Waals surface area (Å²) in [5.41, 5.74) is 0.990. The summed E-state index contributed by atoms with van der Waals surface area (Å²) in [6.07, 6.45) is 1.52. The van der Waals surface area contributed by atoms with Crippen LogP contribution in [-0.2, 0) is 4.79 Å². The van der Waals surface area contributed by atoms with E-state index in [4.69, 9.17) is 16.3 Å². The van der Waals surface area contributed by atoms with Crippen molar-refractivity contribution in [2.24, 2.45) is 0 Å². The lowest BCUT2D eigenvalue weighted by Gasteiger charge is -2.22. The molecule has 1 atom stereocenters. The Labute approximate surface area is 193 Å². The molecule has 1 heterocycles. The second-order valence-corrected chi connectivity index (χ2v) is 7.55. The number of aromatic nitrogens is 1. The molecular formula is C24H18ClN3O5. The number of ether oxygens (including phenoxy) is 1. The lowest BCUT2D eigenvalue weighted by atomic mass is 9.96. The van der Waals surface area contributed by atoms with Gasteiger partial charge in [0.2, 0.25) is 0 Å². The molecule has 4 rings (SSSR count). The first-order valence-electron chi connectivity index (χ1n) is 9.91. The first-order valence-corrected chi connectivity index (χ1v) is 10.3. The van der Waals surface area contributed by atoms with Crippen molar-refractivity contribution >= 4 is 34.1 Å². The van der Waals surface area contributed by atoms with Gasteiger partial charge in [-0.05, 0) is 48.0 Å². The Morgan fingerprint density at radius 1 is 1.12 bits per heavy atom. The maximum absolute atomic E-state index is 12.7. The van der Waals surface area contributed by atoms with Crippen LogP contribution in [0, 0.1) is 10.1 Å². The van der Waals surface area contributed by atoms with E-state index in [9.17, 15) is 20.0 Å². The van der Waals surface area contributed by atoms with Crippen LogP contribution in [0.3, 0.4) is 0 Å². The van der Waals surface area contributed by atoms with Gasteiger partial charge in [-0.2, -0.15) is 0 Å². The van der Waals surface area contributed by atoms with Gasteiger partial charge in [0, 0.05) is 29.3 Å². The summed E-state index contributed by atoms with van der Waals surface area (Å²) >= 11 is 6.43. The number of non-ortho nitro benzene ring substituents is 1. The van der Waals surface area contributed by atoms with E-state index in [2.05, 4.69) is 10.3 Å². The van der Waals surface area contributed by atoms with Gasteiger partial charge in [0.1, 0.15) is 17.0 Å². The molecule has 4 aromatic rings. The van der Waals surface area contributed by atoms with Crippen LogP contribution in [0.15, 0.2) is 79.0 Å². The van der Waals surface area contributed by atoms with Crippen LogP contribution in [0.4, 0.5) is 5.69 Å². The fraction of sp³-hybridized carbons (Fsp3) is 0.0833. The molecule has 8 nitrogen and oxygen atoms in total. The zero-order chi connectivity index (χ0) is 23.4. The summed E-state index contributed by atoms with van der Waals surface area (Å²) in [6.45, 7) is -0.270. The number of fused-ring (bicyclic) bond motifs is 1. The molecule has 1 amide bonds. The number of nitrogens with one attached hydrogen (secondary N) is 1. The quantitative estimate of drug-likeness (QED) is 0.301. The fourth-order valence-corrected chi connectivity index (χ4v) is 3.69. The Morgan fingerprint density at radius 2 is 1.85 bits per heavy atom. The summed E-state index contributed by atoms with van der Waals surface area (Å²) in [6, 6.07) is 18.6. The van der Waals surface area contributed by atoms with Gasteiger partial charge in [-0.25, -0.2) is 0 Å². The molecule has 0 aliphatic carbocycles. The highest BCUT2D eigenvalue weighted by Gasteiger charge is 2.24. The Kier molecular flexibility index (Phi) is 6.37. The van der Waals surface area contributed by atoms with Crippen LogP contribution in [0.1, 0.15) is 17.2 Å². The molecule has 0 bridgehead atoms. The van der Waals surface area contributed by atoms with Crippen molar-refractivity contribution in [3.8, 4) is 11.5 Å². The van der Waals surface area contributed by atoms with Crippen LogP contribution >= 0.6 is 11.6 Å². The average molecular weight is 464 g/mol. The maximum atomic E-state index is 12.7. The molecule has 166 valence electrons. The molecule has 0 aliphatic heterocycles. The number of amides is 1. The zero-order valence-electron chi connectivity index (χ0n) is 17.1. The molecule has 33 heavy (non-hydrogen) atoms. The Bertz CT molecular complexity index is 1310. The molecule has 0 fully saturated rings. The molecule has 1 aromatic heterocycles. The van der Waals surface area contributed by atoms with E-state index < -0.39 is 16.9 Å². The molecule has 0 saturated carbocycles. The van der Waals surface area contributed by atoms with E-state index in [-0.39, 0.29) is 23.6 Å². The summed E-state index contributed by atoms with van der Waals surface area (Å²) in [4.78, 5) is 27.5. The van der Waals surface area contributed by atoms with Crippen LogP contribution in [-0.4, -0.2) is 27.5 Å². The van der Waals surface area contributed by atoms with Crippen LogP contribution in [0.2, 0.25) is 5.02 Å². The van der Waals surface area contributed by atoms with E-state index in [0.29, 0.717) is 27.3 Å². The number of benzene rings is 3. The van der Waals surface area contributed by atoms with Crippen molar-refractivity contribution in [2.45, 2.75) is 6.04 Å². The number of phenolic OH excluding ortho intramolecular Hbond substituents is 1. The lowest BCUT2D eigenvalue weighted by Crippen LogP contribution is -2.33. The third-order valence-electron chi connectivity index (χ3n) is 5.01. The van der Waals surface area contributed by atoms with Crippen molar-refractivity contribution in [3.63, 3.8) is 0 Å². The van der Waals surface area contributed by atoms with Crippen molar-refractivity contribution in [1.82, 2.24) is 10.3 Å². The predicted molar refractivity (Wildman–Crippen MR) is 123 cm³/mol. The van der Waals surface area contributed by atoms with Crippen molar-refractivity contribution in [1.29, 1.82) is 0 Å². The van der Waals surface area contributed by atoms with Gasteiger partial charge in [0.05, 0.1) is 16.0 Å². The molecule has 3 aromatic carbocycles. The Balaban J connectivity index is 1.70. The number of pyridine rings is 1. The zero-order valence-corrected chi connectivity index (χ0v) is 17.9. The number of nitro groups is 1. The highest BCUT2D eigenvalue weighted by atomic mass is 35.5. The standard InChI is InChI=1S/C24H18ClN3O5/c25-20-13-19(24(30)23-18(20)7-4-12-26-23)22(15-8-10-16(11-9-15)28(31)32)27-21(29)14-33-17-5-2-1-3-6-17/h1-13,22,30H,14H2,(H,27,29). The number of para-hydroxylation sites is 1. The summed E-state index contributed by atoms with van der Waals surface area (Å²) < 4.78 is 5.51. The number of phenols is 1. The first kappa shape index (κ1) is 22.0. The number of carbonyl (C=O) groups is 1. The number of hydrogen-bond donors (Lipinski definition) is 2. The topological polar surface area (TPSA) is 115 Å². The van der Waals surface area contributed by atoms with Crippen molar-refractivity contribution < 1.29 is 19.6 Å². The van der Waals surface area contributed by atoms with Gasteiger partial charge in [-0.3, -0.25) is 19.9 Å². The highest BCUT2D eigenvalue weighted by molar-refractivity contribution is 6.35. The fourth-order valence-electron chi connectivity index (χ4n) is 3.42. The van der Waals surface area contributed by atoms with Crippen molar-refractivity contribution in [2.75, 3.05) is 6.61 Å². The average Bonchev–Trinajstić information content (AvgIpc) is 2.84. The SMILES string of the molecule is O=C(COc1ccccc1)NC(c1ccc([N+](=O)[O-])cc1)c1cc(Cl)c2cccnc2c1O. The largest absolute Gasteiger partial charge is 0.505 e. The lowest BCUT2D eigenvalue weighted by molar-refractivity contribution is -0.384. The van der Waals surface area contributed by atoms with Gasteiger partial charge >= 0.3 is 0 Å². The second kappa shape index (κ2) is 9.54. The maximum Gasteiger partial charge on any atom is 0.269 e. The van der Waals surface area contributed by atoms with E-state index >= 15 is 0 Å². The number of aromatic hydroxyl groups is 1. The summed E-state index contributed by atoms with van der Waals surface area (Å²) in [5.74, 6) is -0.0817. The smallest absolute Gasteiger partial charge is 0.269 e. The molecule has 0 radical (unpaired) electrons. The van der Waals surface area contributed by atoms with Crippen LogP contribution < -0.4 is 10.1 Å². The second-order valence-electron chi connectivity index (χ2n) is 7.15. The minimum absolute atomic E-state index is 0.0985. The molecule has 0 saturated heterocycles. The molecule has 0 spiro atoms. The Hall–Kier alpha value is -4.17. The normalized spacial score (nSPS) is 11.7. The van der Waals surface area contributed by atoms with Gasteiger partial charge < -0.3 is 15.2 Å². The number of carbonyl (C=O) groups excluding carboxylic acids is 1. The van der Waals surface area contributed by atoms with Gasteiger partial charge in [0.15, 0.2) is 6.61 Å². The van der Waals surface area contributed by atoms with E-state index in [1.54, 1.807) is 42.5 Å². The minimum atomic E-state index is -0.860. The number of nitro benzene ring substituents is 1. The van der Waals surface area contributed by atoms with Gasteiger partial charge in [-0.15, -0.1) is 0 Å². The van der Waals surface area contributed by atoms with Gasteiger partial charge in [0.25, 0.3) is 11.6 Å². The molecule has 0 aliphatic rings. The Morgan fingerprint density at radius 3 is 2.55 bits per heavy atom. The molecular weight excluding hydrogens is 446 g/mol. The first-order chi connectivity index (χ1) is 15.9. The number of nitrogens with zero attached hydrogens (tertiary/aromatic N) is 2. The molecule has 9 heteroatoms. The monoisotopic (exact) mass is 463 g/mol. The third-order valence-corrected chi connectivity index (χ3v) is 5.32. The molecule has 2 N–H and O–H groups in total. The van der Waals surface area contributed by atoms with Crippen LogP contribution in [0.5, 0.6) is 11.5 Å². The van der Waals surface area contributed by atoms with Crippen molar-refractivity contribution in [3.05, 3.63) is 105 Å².